The maximum absolute atomic E-state index is 12.4. The van der Waals surface area contributed by atoms with Crippen LogP contribution in [0.2, 0.25) is 0 Å². The normalized spacial score (nSPS) is 13.3. The average molecular weight is 296 g/mol. The van der Waals surface area contributed by atoms with E-state index in [1.165, 1.54) is 0 Å². The molecule has 0 aromatic heterocycles. The fourth-order valence-electron chi connectivity index (χ4n) is 1.22. The molecule has 1 aromatic carbocycles. The van der Waals surface area contributed by atoms with Gasteiger partial charge < -0.3 is 5.11 Å². The van der Waals surface area contributed by atoms with Crippen molar-refractivity contribution >= 4 is 8.41 Å². The summed E-state index contributed by atoms with van der Waals surface area (Å²) in [7, 11) is 0. The van der Waals surface area contributed by atoms with Crippen molar-refractivity contribution < 1.29 is 61.0 Å². The molecule has 0 aliphatic rings. The molecule has 0 aliphatic heterocycles. The van der Waals surface area contributed by atoms with Crippen LogP contribution >= 0.6 is 0 Å². The van der Waals surface area contributed by atoms with Crippen molar-refractivity contribution in [2.75, 3.05) is 0 Å². The molecule has 1 unspecified atom stereocenters. The fraction of sp³-hybridized carbons (Fsp3) is 0.400. The zero-order valence-electron chi connectivity index (χ0n) is 9.52. The predicted molar refractivity (Wildman–Crippen MR) is 58.4 cm³/mol. The topological polar surface area (TPSA) is 20.2 Å². The molecule has 0 radical (unpaired) electrons. The van der Waals surface area contributed by atoms with E-state index in [2.05, 4.69) is 0 Å². The van der Waals surface area contributed by atoms with Gasteiger partial charge in [-0.3, -0.25) is 0 Å². The molecule has 19 heavy (non-hydrogen) atoms. The van der Waals surface area contributed by atoms with Gasteiger partial charge in [-0.25, -0.2) is 0 Å². The van der Waals surface area contributed by atoms with Gasteiger partial charge >= 0.3 is 41.9 Å². The van der Waals surface area contributed by atoms with E-state index in [1.807, 2.05) is 0 Å². The minimum Gasteiger partial charge on any atom is -0.389 e. The van der Waals surface area contributed by atoms with Crippen LogP contribution < -0.4 is 29.6 Å². The standard InChI is InChI=1S/C10H8F6O.BH4.Na/c1-5(17)6-2-7(9(11,12)13)4-8(3-6)10(14,15)16;;/h2-5,17H,1H3;1H4;/q;-1;+1. The van der Waals surface area contributed by atoms with Crippen molar-refractivity contribution in [1.82, 2.24) is 0 Å². The number of rotatable bonds is 1. The summed E-state index contributed by atoms with van der Waals surface area (Å²) in [4.78, 5) is 0. The van der Waals surface area contributed by atoms with Gasteiger partial charge in [0, 0.05) is 0 Å². The summed E-state index contributed by atoms with van der Waals surface area (Å²) in [5.74, 6) is 0. The molecule has 1 rings (SSSR count). The Labute approximate surface area is 129 Å². The predicted octanol–water partition coefficient (Wildman–Crippen LogP) is -0.670. The van der Waals surface area contributed by atoms with E-state index in [0.717, 1.165) is 6.92 Å². The number of halogens is 6. The first kappa shape index (κ1) is 21.1. The number of hydrogen-bond acceptors (Lipinski definition) is 1. The van der Waals surface area contributed by atoms with Crippen LogP contribution in [0.15, 0.2) is 18.2 Å². The number of hydrogen-bond donors (Lipinski definition) is 1. The molecule has 0 spiro atoms. The van der Waals surface area contributed by atoms with Gasteiger partial charge in [-0.15, -0.1) is 0 Å². The molecule has 1 aromatic rings. The van der Waals surface area contributed by atoms with Gasteiger partial charge in [-0.2, -0.15) is 26.3 Å². The van der Waals surface area contributed by atoms with Crippen LogP contribution in [0.3, 0.4) is 0 Å². The van der Waals surface area contributed by atoms with Crippen LogP contribution in [0, 0.1) is 0 Å². The number of aliphatic hydroxyl groups is 1. The average Bonchev–Trinajstić information content (AvgIpc) is 2.14. The largest absolute Gasteiger partial charge is 1.00 e. The molecule has 0 aliphatic carbocycles. The molecule has 0 saturated carbocycles. The van der Waals surface area contributed by atoms with Gasteiger partial charge in [0.2, 0.25) is 0 Å². The maximum Gasteiger partial charge on any atom is 1.00 e. The van der Waals surface area contributed by atoms with Crippen molar-refractivity contribution in [3.8, 4) is 0 Å². The third kappa shape index (κ3) is 5.77. The molecule has 1 N–H and O–H groups in total. The molecular formula is C10H12BF6NaO. The second-order valence-corrected chi connectivity index (χ2v) is 3.52. The Morgan fingerprint density at radius 2 is 1.21 bits per heavy atom. The fourth-order valence-corrected chi connectivity index (χ4v) is 1.22. The summed E-state index contributed by atoms with van der Waals surface area (Å²) in [5, 5.41) is 9.07. The monoisotopic (exact) mass is 296 g/mol. The summed E-state index contributed by atoms with van der Waals surface area (Å²) >= 11 is 0. The molecular weight excluding hydrogens is 284 g/mol. The molecule has 1 atom stereocenters. The molecule has 0 heterocycles. The molecule has 9 heteroatoms. The van der Waals surface area contributed by atoms with Gasteiger partial charge in [0.15, 0.2) is 0 Å². The third-order valence-electron chi connectivity index (χ3n) is 2.09. The first-order chi connectivity index (χ1) is 7.51. The van der Waals surface area contributed by atoms with Gasteiger partial charge in [-0.05, 0) is 30.7 Å². The van der Waals surface area contributed by atoms with E-state index in [4.69, 9.17) is 5.11 Å². The summed E-state index contributed by atoms with van der Waals surface area (Å²) in [6.45, 7) is 1.09. The van der Waals surface area contributed by atoms with E-state index in [-0.39, 0.29) is 44.0 Å². The molecule has 0 amide bonds. The van der Waals surface area contributed by atoms with Crippen LogP contribution in [-0.2, 0) is 12.4 Å². The van der Waals surface area contributed by atoms with Crippen LogP contribution in [0.1, 0.15) is 29.7 Å². The first-order valence-electron chi connectivity index (χ1n) is 4.49. The van der Waals surface area contributed by atoms with Crippen LogP contribution in [0.4, 0.5) is 26.3 Å². The zero-order valence-corrected chi connectivity index (χ0v) is 11.5. The van der Waals surface area contributed by atoms with Crippen LogP contribution in [-0.4, -0.2) is 13.5 Å². The summed E-state index contributed by atoms with van der Waals surface area (Å²) in [6.07, 6.45) is -11.2. The summed E-state index contributed by atoms with van der Waals surface area (Å²) in [6, 6.07) is 1.02. The van der Waals surface area contributed by atoms with E-state index < -0.39 is 35.1 Å². The van der Waals surface area contributed by atoms with Crippen molar-refractivity contribution in [3.63, 3.8) is 0 Å². The van der Waals surface area contributed by atoms with Crippen molar-refractivity contribution in [3.05, 3.63) is 34.9 Å². The van der Waals surface area contributed by atoms with Crippen molar-refractivity contribution in [2.24, 2.45) is 0 Å². The van der Waals surface area contributed by atoms with Crippen LogP contribution in [0.5, 0.6) is 0 Å². The maximum atomic E-state index is 12.4. The third-order valence-corrected chi connectivity index (χ3v) is 2.09. The zero-order chi connectivity index (χ0) is 13.4. The second-order valence-electron chi connectivity index (χ2n) is 3.52. The Morgan fingerprint density at radius 3 is 1.42 bits per heavy atom. The Balaban J connectivity index is 0. The van der Waals surface area contributed by atoms with E-state index >= 15 is 0 Å². The number of alkyl halides is 6. The van der Waals surface area contributed by atoms with Crippen molar-refractivity contribution in [2.45, 2.75) is 25.4 Å². The Morgan fingerprint density at radius 1 is 0.895 bits per heavy atom. The Bertz CT molecular complexity index is 383. The molecule has 104 valence electrons. The summed E-state index contributed by atoms with van der Waals surface area (Å²) < 4.78 is 74.1. The molecule has 0 fully saturated rings. The van der Waals surface area contributed by atoms with E-state index in [0.29, 0.717) is 12.1 Å². The minimum atomic E-state index is -4.88. The molecule has 0 bridgehead atoms. The minimum absolute atomic E-state index is 0. The van der Waals surface area contributed by atoms with E-state index in [1.54, 1.807) is 0 Å². The quantitative estimate of drug-likeness (QED) is 0.538. The Kier molecular flexibility index (Phi) is 7.80. The van der Waals surface area contributed by atoms with Gasteiger partial charge in [-0.1, -0.05) is 8.41 Å². The number of aliphatic hydroxyl groups excluding tert-OH is 1. The van der Waals surface area contributed by atoms with Gasteiger partial charge in [0.1, 0.15) is 0 Å². The molecule has 1 nitrogen and oxygen atoms in total. The smallest absolute Gasteiger partial charge is 0.389 e. The molecule has 0 saturated heterocycles. The van der Waals surface area contributed by atoms with Gasteiger partial charge in [0.05, 0.1) is 17.2 Å². The SMILES string of the molecule is CC(O)c1cc(C(F)(F)F)cc(C(F)(F)F)c1.[BH4-].[Na+]. The van der Waals surface area contributed by atoms with Crippen LogP contribution in [0.25, 0.3) is 0 Å². The number of benzene rings is 1. The van der Waals surface area contributed by atoms with Gasteiger partial charge in [0.25, 0.3) is 0 Å². The second kappa shape index (κ2) is 7.01. The summed E-state index contributed by atoms with van der Waals surface area (Å²) in [5.41, 5.74) is -3.28. The van der Waals surface area contributed by atoms with Crippen molar-refractivity contribution in [1.29, 1.82) is 0 Å². The van der Waals surface area contributed by atoms with E-state index in [9.17, 15) is 26.3 Å². The first-order valence-corrected chi connectivity index (χ1v) is 4.49. The Hall–Kier alpha value is -0.175.